The summed E-state index contributed by atoms with van der Waals surface area (Å²) >= 11 is 0. The van der Waals surface area contributed by atoms with Crippen molar-refractivity contribution in [2.24, 2.45) is 11.8 Å². The Morgan fingerprint density at radius 1 is 0.385 bits per heavy atom. The molecule has 0 aromatic heterocycles. The normalized spacial score (nSPS) is 21.0. The molecule has 0 radical (unpaired) electrons. The smallest absolute Gasteiger partial charge is 0.000787 e. The van der Waals surface area contributed by atoms with Gasteiger partial charge in [0, 0.05) is 0 Å². The minimum Gasteiger partial charge on any atom is -0.0654 e. The summed E-state index contributed by atoms with van der Waals surface area (Å²) in [5, 5.41) is 11.5. The number of rotatable bonds is 8. The monoisotopic (exact) mass is 678 g/mol. The highest BCUT2D eigenvalue weighted by atomic mass is 14.3. The average molecular weight is 679 g/mol. The Morgan fingerprint density at radius 2 is 0.788 bits per heavy atom. The summed E-state index contributed by atoms with van der Waals surface area (Å²) in [5.41, 5.74) is 8.68. The van der Waals surface area contributed by atoms with Crippen LogP contribution in [0, 0.1) is 11.8 Å². The van der Waals surface area contributed by atoms with E-state index in [4.69, 9.17) is 0 Å². The molecule has 2 aliphatic carbocycles. The van der Waals surface area contributed by atoms with Crippen LogP contribution in [0.5, 0.6) is 0 Å². The molecule has 9 rings (SSSR count). The van der Waals surface area contributed by atoms with Crippen LogP contribution >= 0.6 is 0 Å². The fourth-order valence-corrected chi connectivity index (χ4v) is 11.0. The summed E-state index contributed by atoms with van der Waals surface area (Å²) in [6.45, 7) is 4.71. The fraction of sp³-hybridized carbons (Fsp3) is 0.346. The predicted molar refractivity (Wildman–Crippen MR) is 227 cm³/mol. The van der Waals surface area contributed by atoms with E-state index in [1.54, 1.807) is 11.1 Å². The second-order valence-electron chi connectivity index (χ2n) is 16.3. The molecule has 7 aromatic carbocycles. The fourth-order valence-electron chi connectivity index (χ4n) is 11.0. The number of hydrogen-bond donors (Lipinski definition) is 0. The summed E-state index contributed by atoms with van der Waals surface area (Å²) < 4.78 is 0. The molecular weight excluding hydrogens is 625 g/mol. The third kappa shape index (κ3) is 5.84. The third-order valence-corrected chi connectivity index (χ3v) is 13.3. The van der Waals surface area contributed by atoms with E-state index in [1.807, 2.05) is 0 Å². The molecule has 0 bridgehead atoms. The van der Waals surface area contributed by atoms with Crippen molar-refractivity contribution in [3.05, 3.63) is 132 Å². The summed E-state index contributed by atoms with van der Waals surface area (Å²) in [7, 11) is 0. The van der Waals surface area contributed by atoms with Crippen LogP contribution in [-0.4, -0.2) is 0 Å². The Kier molecular flexibility index (Phi) is 9.34. The van der Waals surface area contributed by atoms with Gasteiger partial charge < -0.3 is 0 Å². The maximum absolute atomic E-state index is 2.47. The molecule has 0 N–H and O–H groups in total. The first-order valence-electron chi connectivity index (χ1n) is 20.7. The van der Waals surface area contributed by atoms with Crippen LogP contribution in [0.15, 0.2) is 121 Å². The van der Waals surface area contributed by atoms with Gasteiger partial charge in [-0.15, -0.1) is 0 Å². The lowest BCUT2D eigenvalue weighted by atomic mass is 9.72. The van der Waals surface area contributed by atoms with Crippen molar-refractivity contribution in [3.8, 4) is 22.3 Å². The molecule has 0 heteroatoms. The van der Waals surface area contributed by atoms with Crippen LogP contribution in [0.4, 0.5) is 0 Å². The van der Waals surface area contributed by atoms with Crippen molar-refractivity contribution < 1.29 is 0 Å². The molecular formula is C52H54. The minimum absolute atomic E-state index is 0.583. The quantitative estimate of drug-likeness (QED) is 0.140. The molecule has 0 spiro atoms. The third-order valence-electron chi connectivity index (χ3n) is 13.3. The summed E-state index contributed by atoms with van der Waals surface area (Å²) in [4.78, 5) is 0. The van der Waals surface area contributed by atoms with Gasteiger partial charge in [-0.25, -0.2) is 0 Å². The second-order valence-corrected chi connectivity index (χ2v) is 16.3. The van der Waals surface area contributed by atoms with Gasteiger partial charge in [0.2, 0.25) is 0 Å². The molecule has 0 atom stereocenters. The van der Waals surface area contributed by atoms with Crippen molar-refractivity contribution >= 4 is 43.1 Å². The first kappa shape index (κ1) is 33.4. The van der Waals surface area contributed by atoms with Gasteiger partial charge in [0.05, 0.1) is 0 Å². The van der Waals surface area contributed by atoms with Gasteiger partial charge in [0.1, 0.15) is 0 Å². The van der Waals surface area contributed by atoms with Gasteiger partial charge >= 0.3 is 0 Å². The van der Waals surface area contributed by atoms with Gasteiger partial charge in [-0.2, -0.15) is 0 Å². The molecule has 0 nitrogen and oxygen atoms in total. The molecule has 2 saturated carbocycles. The van der Waals surface area contributed by atoms with E-state index in [-0.39, 0.29) is 0 Å². The number of benzene rings is 7. The van der Waals surface area contributed by atoms with E-state index in [9.17, 15) is 0 Å². The number of hydrogen-bond acceptors (Lipinski definition) is 0. The second kappa shape index (κ2) is 14.5. The lowest BCUT2D eigenvalue weighted by Gasteiger charge is -2.32. The van der Waals surface area contributed by atoms with Crippen molar-refractivity contribution in [1.29, 1.82) is 0 Å². The first-order valence-corrected chi connectivity index (χ1v) is 20.7. The zero-order chi connectivity index (χ0) is 35.0. The Bertz CT molecular complexity index is 2290. The van der Waals surface area contributed by atoms with E-state index >= 15 is 0 Å². The predicted octanol–water partition coefficient (Wildman–Crippen LogP) is 15.8. The van der Waals surface area contributed by atoms with Crippen LogP contribution < -0.4 is 0 Å². The SMILES string of the molecule is CCCC1CCC(c2c3ccccc3c(-c3c4ccccc4c(C4CCC(CCC)CC4)c4cccc(-c5ccccc5)c34)c3ccccc23)CC1. The highest BCUT2D eigenvalue weighted by molar-refractivity contribution is 6.27. The molecule has 0 heterocycles. The maximum Gasteiger partial charge on any atom is -0.000787 e. The largest absolute Gasteiger partial charge is 0.0654 e. The first-order chi connectivity index (χ1) is 25.7. The van der Waals surface area contributed by atoms with Crippen molar-refractivity contribution in [1.82, 2.24) is 0 Å². The van der Waals surface area contributed by atoms with Crippen molar-refractivity contribution in [3.63, 3.8) is 0 Å². The van der Waals surface area contributed by atoms with Crippen LogP contribution in [-0.2, 0) is 0 Å². The minimum atomic E-state index is 0.583. The summed E-state index contributed by atoms with van der Waals surface area (Å²) in [5.74, 6) is 2.97. The van der Waals surface area contributed by atoms with Crippen LogP contribution in [0.3, 0.4) is 0 Å². The molecule has 2 aliphatic rings. The van der Waals surface area contributed by atoms with E-state index in [0.29, 0.717) is 11.8 Å². The summed E-state index contributed by atoms with van der Waals surface area (Å²) in [6, 6.07) is 46.8. The van der Waals surface area contributed by atoms with Gasteiger partial charge in [0.15, 0.2) is 0 Å². The molecule has 2 fully saturated rings. The molecule has 52 heavy (non-hydrogen) atoms. The molecule has 7 aromatic rings. The van der Waals surface area contributed by atoms with E-state index in [2.05, 4.69) is 135 Å². The Labute approximate surface area is 311 Å². The Balaban J connectivity index is 1.37. The Hall–Kier alpha value is -4.42. The van der Waals surface area contributed by atoms with E-state index in [1.165, 1.54) is 142 Å². The highest BCUT2D eigenvalue weighted by Gasteiger charge is 2.30. The lowest BCUT2D eigenvalue weighted by Crippen LogP contribution is -2.14. The molecule has 262 valence electrons. The van der Waals surface area contributed by atoms with E-state index < -0.39 is 0 Å². The zero-order valence-corrected chi connectivity index (χ0v) is 31.3. The topological polar surface area (TPSA) is 0 Å². The average Bonchev–Trinajstić information content (AvgIpc) is 3.20. The maximum atomic E-state index is 2.47. The standard InChI is InChI=1S/C52H54/c1-3-15-35-27-31-38(32-28-35)48-41-19-8-11-22-44(41)51(45-23-12-9-20-42(45)48)52-46-24-13-10-21-43(46)49(39-33-29-36(16-4-2)30-34-39)47-26-14-25-40(50(47)52)37-17-6-5-7-18-37/h5-14,17-26,35-36,38-39H,3-4,15-16,27-34H2,1-2H3. The van der Waals surface area contributed by atoms with Crippen molar-refractivity contribution in [2.75, 3.05) is 0 Å². The van der Waals surface area contributed by atoms with Gasteiger partial charge in [-0.05, 0) is 152 Å². The van der Waals surface area contributed by atoms with Crippen molar-refractivity contribution in [2.45, 2.75) is 103 Å². The van der Waals surface area contributed by atoms with Crippen LogP contribution in [0.25, 0.3) is 65.3 Å². The summed E-state index contributed by atoms with van der Waals surface area (Å²) in [6.07, 6.45) is 16.0. The lowest BCUT2D eigenvalue weighted by molar-refractivity contribution is 0.310. The number of fused-ring (bicyclic) bond motifs is 4. The Morgan fingerprint density at radius 3 is 1.27 bits per heavy atom. The zero-order valence-electron chi connectivity index (χ0n) is 31.3. The molecule has 0 saturated heterocycles. The van der Waals surface area contributed by atoms with Crippen LogP contribution in [0.2, 0.25) is 0 Å². The van der Waals surface area contributed by atoms with Gasteiger partial charge in [-0.3, -0.25) is 0 Å². The van der Waals surface area contributed by atoms with Crippen LogP contribution in [0.1, 0.15) is 114 Å². The highest BCUT2D eigenvalue weighted by Crippen LogP contribution is 2.53. The molecule has 0 unspecified atom stereocenters. The molecule has 0 aliphatic heterocycles. The van der Waals surface area contributed by atoms with E-state index in [0.717, 1.165) is 11.8 Å². The van der Waals surface area contributed by atoms with Gasteiger partial charge in [0.25, 0.3) is 0 Å². The van der Waals surface area contributed by atoms with Gasteiger partial charge in [-0.1, -0.05) is 161 Å². The molecule has 0 amide bonds.